The van der Waals surface area contributed by atoms with Gasteiger partial charge in [-0.1, -0.05) is 0 Å². The highest BCUT2D eigenvalue weighted by Crippen LogP contribution is 1.93. The van der Waals surface area contributed by atoms with Crippen LogP contribution in [0, 0.1) is 6.92 Å². The Hall–Kier alpha value is -1.23. The third-order valence-electron chi connectivity index (χ3n) is 1.57. The van der Waals surface area contributed by atoms with Crippen LogP contribution in [0.25, 0.3) is 0 Å². The Bertz CT molecular complexity index is 337. The van der Waals surface area contributed by atoms with Crippen molar-refractivity contribution < 1.29 is 9.50 Å². The van der Waals surface area contributed by atoms with E-state index < -0.39 is 18.5 Å². The number of alkyl halides is 1. The van der Waals surface area contributed by atoms with Gasteiger partial charge in [-0.15, -0.1) is 0 Å². The van der Waals surface area contributed by atoms with Gasteiger partial charge in [0.05, 0.1) is 6.54 Å². The molecule has 0 aliphatic heterocycles. The van der Waals surface area contributed by atoms with Crippen LogP contribution in [0.15, 0.2) is 17.2 Å². The molecule has 1 aromatic heterocycles. The summed E-state index contributed by atoms with van der Waals surface area (Å²) in [5.41, 5.74) is 0.323. The summed E-state index contributed by atoms with van der Waals surface area (Å²) < 4.78 is 13.1. The van der Waals surface area contributed by atoms with Crippen LogP contribution in [0.1, 0.15) is 5.56 Å². The molecule has 1 heterocycles. The van der Waals surface area contributed by atoms with E-state index in [-0.39, 0.29) is 6.54 Å². The van der Waals surface area contributed by atoms with E-state index in [1.807, 2.05) is 0 Å². The molecule has 0 aromatic carbocycles. The lowest BCUT2D eigenvalue weighted by atomic mass is 10.3. The van der Waals surface area contributed by atoms with Crippen LogP contribution >= 0.6 is 0 Å². The van der Waals surface area contributed by atoms with Crippen molar-refractivity contribution in [3.05, 3.63) is 28.4 Å². The summed E-state index contributed by atoms with van der Waals surface area (Å²) in [6.45, 7) is 0.856. The maximum absolute atomic E-state index is 11.9. The molecule has 5 heteroatoms. The molecule has 0 amide bonds. The van der Waals surface area contributed by atoms with Crippen LogP contribution in [-0.4, -0.2) is 27.4 Å². The van der Waals surface area contributed by atoms with Crippen molar-refractivity contribution in [2.24, 2.45) is 0 Å². The zero-order chi connectivity index (χ0) is 9.84. The van der Waals surface area contributed by atoms with Gasteiger partial charge in [-0.3, -0.25) is 4.57 Å². The van der Waals surface area contributed by atoms with Gasteiger partial charge >= 0.3 is 5.69 Å². The van der Waals surface area contributed by atoms with E-state index in [0.717, 1.165) is 5.56 Å². The topological polar surface area (TPSA) is 55.1 Å². The van der Waals surface area contributed by atoms with Crippen LogP contribution in [0.4, 0.5) is 4.39 Å². The summed E-state index contributed by atoms with van der Waals surface area (Å²) in [4.78, 5) is 14.6. The van der Waals surface area contributed by atoms with E-state index in [2.05, 4.69) is 4.98 Å². The quantitative estimate of drug-likeness (QED) is 0.716. The number of hydrogen-bond acceptors (Lipinski definition) is 3. The summed E-state index contributed by atoms with van der Waals surface area (Å²) in [5, 5.41) is 8.96. The average Bonchev–Trinajstić information content (AvgIpc) is 2.11. The number of aromatic nitrogens is 2. The van der Waals surface area contributed by atoms with E-state index >= 15 is 0 Å². The molecule has 72 valence electrons. The summed E-state index contributed by atoms with van der Waals surface area (Å²) in [6.07, 6.45) is 1.83. The molecule has 0 spiro atoms. The zero-order valence-electron chi connectivity index (χ0n) is 7.27. The van der Waals surface area contributed by atoms with Crippen LogP contribution in [0.3, 0.4) is 0 Å². The first-order chi connectivity index (χ1) is 6.13. The Morgan fingerprint density at radius 2 is 2.46 bits per heavy atom. The second-order valence-corrected chi connectivity index (χ2v) is 2.87. The first-order valence-electron chi connectivity index (χ1n) is 3.90. The summed E-state index contributed by atoms with van der Waals surface area (Å²) in [6, 6.07) is 0. The highest BCUT2D eigenvalue weighted by Gasteiger charge is 2.05. The standard InChI is InChI=1S/C8H11FN2O2/c1-6-3-10-8(13)11(4-6)5-7(12)2-9/h3-4,7,12H,2,5H2,1H3. The lowest BCUT2D eigenvalue weighted by Gasteiger charge is -2.08. The normalized spacial score (nSPS) is 12.8. The van der Waals surface area contributed by atoms with Gasteiger partial charge in [0.25, 0.3) is 0 Å². The molecule has 0 saturated heterocycles. The fourth-order valence-corrected chi connectivity index (χ4v) is 0.972. The van der Waals surface area contributed by atoms with Crippen molar-refractivity contribution >= 4 is 0 Å². The maximum atomic E-state index is 11.9. The minimum absolute atomic E-state index is 0.0516. The Balaban J connectivity index is 2.87. The van der Waals surface area contributed by atoms with Gasteiger partial charge in [0.15, 0.2) is 0 Å². The second-order valence-electron chi connectivity index (χ2n) is 2.87. The summed E-state index contributed by atoms with van der Waals surface area (Å²) >= 11 is 0. The van der Waals surface area contributed by atoms with E-state index in [4.69, 9.17) is 5.11 Å². The first kappa shape index (κ1) is 9.85. The number of rotatable bonds is 3. The summed E-state index contributed by atoms with van der Waals surface area (Å²) in [7, 11) is 0. The molecule has 1 aromatic rings. The van der Waals surface area contributed by atoms with Gasteiger partial charge in [0.1, 0.15) is 12.8 Å². The minimum Gasteiger partial charge on any atom is -0.389 e. The molecule has 4 nitrogen and oxygen atoms in total. The van der Waals surface area contributed by atoms with Crippen LogP contribution in [0.2, 0.25) is 0 Å². The van der Waals surface area contributed by atoms with Gasteiger partial charge in [0.2, 0.25) is 0 Å². The number of aliphatic hydroxyl groups is 1. The minimum atomic E-state index is -1.14. The number of aryl methyl sites for hydroxylation is 1. The molecular weight excluding hydrogens is 175 g/mol. The lowest BCUT2D eigenvalue weighted by molar-refractivity contribution is 0.120. The van der Waals surface area contributed by atoms with E-state index in [9.17, 15) is 9.18 Å². The van der Waals surface area contributed by atoms with Crippen molar-refractivity contribution in [3.63, 3.8) is 0 Å². The van der Waals surface area contributed by atoms with Crippen molar-refractivity contribution in [2.45, 2.75) is 19.6 Å². The Morgan fingerprint density at radius 3 is 3.08 bits per heavy atom. The number of hydrogen-bond donors (Lipinski definition) is 1. The monoisotopic (exact) mass is 186 g/mol. The van der Waals surface area contributed by atoms with Crippen molar-refractivity contribution in [1.82, 2.24) is 9.55 Å². The van der Waals surface area contributed by atoms with Crippen molar-refractivity contribution in [1.29, 1.82) is 0 Å². The molecule has 1 unspecified atom stereocenters. The molecule has 1 N–H and O–H groups in total. The predicted octanol–water partition coefficient (Wildman–Crippen LogP) is -0.118. The van der Waals surface area contributed by atoms with E-state index in [1.165, 1.54) is 17.0 Å². The van der Waals surface area contributed by atoms with Gasteiger partial charge in [-0.2, -0.15) is 0 Å². The highest BCUT2D eigenvalue weighted by molar-refractivity contribution is 4.99. The molecule has 0 radical (unpaired) electrons. The van der Waals surface area contributed by atoms with Crippen LogP contribution in [-0.2, 0) is 6.54 Å². The van der Waals surface area contributed by atoms with Gasteiger partial charge in [-0.05, 0) is 12.5 Å². The summed E-state index contributed by atoms with van der Waals surface area (Å²) in [5.74, 6) is 0. The number of halogens is 1. The SMILES string of the molecule is Cc1cnc(=O)n(CC(O)CF)c1. The highest BCUT2D eigenvalue weighted by atomic mass is 19.1. The zero-order valence-corrected chi connectivity index (χ0v) is 7.27. The molecule has 0 aliphatic carbocycles. The Morgan fingerprint density at radius 1 is 1.77 bits per heavy atom. The maximum Gasteiger partial charge on any atom is 0.347 e. The Kier molecular flexibility index (Phi) is 3.13. The number of nitrogens with zero attached hydrogens (tertiary/aromatic N) is 2. The first-order valence-corrected chi connectivity index (χ1v) is 3.90. The van der Waals surface area contributed by atoms with E-state index in [1.54, 1.807) is 6.92 Å². The molecule has 0 saturated carbocycles. The van der Waals surface area contributed by atoms with Crippen molar-refractivity contribution in [3.8, 4) is 0 Å². The molecule has 13 heavy (non-hydrogen) atoms. The van der Waals surface area contributed by atoms with Gasteiger partial charge in [0, 0.05) is 12.4 Å². The van der Waals surface area contributed by atoms with Crippen LogP contribution < -0.4 is 5.69 Å². The van der Waals surface area contributed by atoms with Gasteiger partial charge in [-0.25, -0.2) is 14.2 Å². The molecular formula is C8H11FN2O2. The second kappa shape index (κ2) is 4.13. The molecule has 0 aliphatic rings. The van der Waals surface area contributed by atoms with Crippen molar-refractivity contribution in [2.75, 3.05) is 6.67 Å². The molecule has 0 fully saturated rings. The molecule has 1 rings (SSSR count). The van der Waals surface area contributed by atoms with Crippen LogP contribution in [0.5, 0.6) is 0 Å². The largest absolute Gasteiger partial charge is 0.389 e. The Labute approximate surface area is 74.7 Å². The molecule has 1 atom stereocenters. The van der Waals surface area contributed by atoms with E-state index in [0.29, 0.717) is 0 Å². The fourth-order valence-electron chi connectivity index (χ4n) is 0.972. The lowest BCUT2D eigenvalue weighted by Crippen LogP contribution is -2.29. The fraction of sp³-hybridized carbons (Fsp3) is 0.500. The average molecular weight is 186 g/mol. The third-order valence-corrected chi connectivity index (χ3v) is 1.57. The molecule has 0 bridgehead atoms. The third kappa shape index (κ3) is 2.62. The predicted molar refractivity (Wildman–Crippen MR) is 45.2 cm³/mol. The van der Waals surface area contributed by atoms with Gasteiger partial charge < -0.3 is 5.11 Å². The number of aliphatic hydroxyl groups excluding tert-OH is 1. The smallest absolute Gasteiger partial charge is 0.347 e.